The number of hydrogen-bond acceptors (Lipinski definition) is 2. The third-order valence-corrected chi connectivity index (χ3v) is 5.40. The summed E-state index contributed by atoms with van der Waals surface area (Å²) in [6, 6.07) is 14.3. The summed E-state index contributed by atoms with van der Waals surface area (Å²) in [4.78, 5) is 15.0. The van der Waals surface area contributed by atoms with Crippen LogP contribution < -0.4 is 0 Å². The molecule has 1 saturated carbocycles. The standard InChI is InChI=1S/C22H22FNO2/c1-3-19-18(17-6-4-5-7-20(17)26-19)14-24(2)21(25)22(12-13-22)15-8-10-16(23)11-9-15/h4-11H,3,12-14H2,1-2H3. The van der Waals surface area contributed by atoms with Crippen LogP contribution in [-0.2, 0) is 23.2 Å². The summed E-state index contributed by atoms with van der Waals surface area (Å²) in [5.74, 6) is 0.747. The minimum absolute atomic E-state index is 0.0939. The molecule has 134 valence electrons. The van der Waals surface area contributed by atoms with E-state index in [4.69, 9.17) is 4.42 Å². The van der Waals surface area contributed by atoms with Gasteiger partial charge in [-0.1, -0.05) is 37.3 Å². The Morgan fingerprint density at radius 3 is 2.50 bits per heavy atom. The summed E-state index contributed by atoms with van der Waals surface area (Å²) >= 11 is 0. The van der Waals surface area contributed by atoms with Gasteiger partial charge in [0.2, 0.25) is 5.91 Å². The molecule has 4 heteroatoms. The number of aryl methyl sites for hydroxylation is 1. The van der Waals surface area contributed by atoms with Gasteiger partial charge in [0.25, 0.3) is 0 Å². The van der Waals surface area contributed by atoms with Crippen LogP contribution in [0, 0.1) is 5.82 Å². The van der Waals surface area contributed by atoms with E-state index in [1.165, 1.54) is 12.1 Å². The number of rotatable bonds is 5. The molecule has 0 spiro atoms. The lowest BCUT2D eigenvalue weighted by molar-refractivity contribution is -0.133. The Hall–Kier alpha value is -2.62. The maximum Gasteiger partial charge on any atom is 0.233 e. The van der Waals surface area contributed by atoms with E-state index in [1.54, 1.807) is 17.0 Å². The number of furan rings is 1. The van der Waals surface area contributed by atoms with Crippen molar-refractivity contribution in [2.45, 2.75) is 38.1 Å². The van der Waals surface area contributed by atoms with Gasteiger partial charge in [-0.2, -0.15) is 0 Å². The summed E-state index contributed by atoms with van der Waals surface area (Å²) in [6.07, 6.45) is 2.41. The Morgan fingerprint density at radius 1 is 1.15 bits per heavy atom. The van der Waals surface area contributed by atoms with Crippen molar-refractivity contribution < 1.29 is 13.6 Å². The van der Waals surface area contributed by atoms with Crippen molar-refractivity contribution in [1.82, 2.24) is 4.90 Å². The molecule has 0 saturated heterocycles. The van der Waals surface area contributed by atoms with Gasteiger partial charge in [0.15, 0.2) is 0 Å². The maximum absolute atomic E-state index is 13.2. The first-order chi connectivity index (χ1) is 12.5. The Morgan fingerprint density at radius 2 is 1.85 bits per heavy atom. The molecule has 1 aliphatic rings. The molecule has 0 radical (unpaired) electrons. The molecule has 0 atom stereocenters. The fourth-order valence-corrected chi connectivity index (χ4v) is 3.80. The molecular formula is C22H22FNO2. The van der Waals surface area contributed by atoms with Crippen molar-refractivity contribution in [1.29, 1.82) is 0 Å². The topological polar surface area (TPSA) is 33.5 Å². The smallest absolute Gasteiger partial charge is 0.233 e. The third kappa shape index (κ3) is 2.70. The van der Waals surface area contributed by atoms with E-state index in [0.717, 1.165) is 47.1 Å². The number of benzene rings is 2. The summed E-state index contributed by atoms with van der Waals surface area (Å²) in [5.41, 5.74) is 2.35. The summed E-state index contributed by atoms with van der Waals surface area (Å²) in [6.45, 7) is 2.58. The van der Waals surface area contributed by atoms with Crippen LogP contribution in [0.15, 0.2) is 52.9 Å². The van der Waals surface area contributed by atoms with Gasteiger partial charge in [-0.3, -0.25) is 4.79 Å². The maximum atomic E-state index is 13.2. The molecule has 4 rings (SSSR count). The van der Waals surface area contributed by atoms with Crippen LogP contribution in [0.1, 0.15) is 36.7 Å². The minimum Gasteiger partial charge on any atom is -0.461 e. The van der Waals surface area contributed by atoms with Crippen molar-refractivity contribution in [3.63, 3.8) is 0 Å². The first-order valence-corrected chi connectivity index (χ1v) is 9.06. The second-order valence-corrected chi connectivity index (χ2v) is 7.10. The van der Waals surface area contributed by atoms with Crippen molar-refractivity contribution in [2.75, 3.05) is 7.05 Å². The molecule has 26 heavy (non-hydrogen) atoms. The van der Waals surface area contributed by atoms with E-state index in [2.05, 4.69) is 6.92 Å². The van der Waals surface area contributed by atoms with Crippen LogP contribution >= 0.6 is 0 Å². The normalized spacial score (nSPS) is 15.2. The molecular weight excluding hydrogens is 329 g/mol. The molecule has 2 aromatic carbocycles. The highest BCUT2D eigenvalue weighted by Gasteiger charge is 2.52. The highest BCUT2D eigenvalue weighted by Crippen LogP contribution is 2.49. The zero-order valence-electron chi connectivity index (χ0n) is 15.1. The lowest BCUT2D eigenvalue weighted by atomic mass is 9.94. The number of para-hydroxylation sites is 1. The average Bonchev–Trinajstić information content (AvgIpc) is 3.39. The van der Waals surface area contributed by atoms with Gasteiger partial charge in [0.1, 0.15) is 17.2 Å². The predicted octanol–water partition coefficient (Wildman–Crippen LogP) is 4.82. The fraction of sp³-hybridized carbons (Fsp3) is 0.318. The number of carbonyl (C=O) groups is 1. The second kappa shape index (κ2) is 6.27. The van der Waals surface area contributed by atoms with Crippen LogP contribution in [0.25, 0.3) is 11.0 Å². The molecule has 3 nitrogen and oxygen atoms in total. The number of fused-ring (bicyclic) bond motifs is 1. The van der Waals surface area contributed by atoms with E-state index in [9.17, 15) is 9.18 Å². The van der Waals surface area contributed by atoms with Crippen LogP contribution in [0.2, 0.25) is 0 Å². The quantitative estimate of drug-likeness (QED) is 0.660. The van der Waals surface area contributed by atoms with Gasteiger partial charge >= 0.3 is 0 Å². The first-order valence-electron chi connectivity index (χ1n) is 9.06. The van der Waals surface area contributed by atoms with Crippen molar-refractivity contribution in [3.8, 4) is 0 Å². The van der Waals surface area contributed by atoms with Crippen LogP contribution in [0.5, 0.6) is 0 Å². The number of hydrogen-bond donors (Lipinski definition) is 0. The van der Waals surface area contributed by atoms with Gasteiger partial charge < -0.3 is 9.32 Å². The highest BCUT2D eigenvalue weighted by molar-refractivity contribution is 5.91. The van der Waals surface area contributed by atoms with Gasteiger partial charge in [-0.25, -0.2) is 4.39 Å². The van der Waals surface area contributed by atoms with Crippen LogP contribution in [0.3, 0.4) is 0 Å². The predicted molar refractivity (Wildman–Crippen MR) is 99.4 cm³/mol. The first kappa shape index (κ1) is 16.8. The van der Waals surface area contributed by atoms with E-state index >= 15 is 0 Å². The Balaban J connectivity index is 1.62. The lowest BCUT2D eigenvalue weighted by Crippen LogP contribution is -2.36. The van der Waals surface area contributed by atoms with Gasteiger partial charge in [-0.05, 0) is 36.6 Å². The largest absolute Gasteiger partial charge is 0.461 e. The van der Waals surface area contributed by atoms with E-state index in [1.807, 2.05) is 31.3 Å². The zero-order valence-corrected chi connectivity index (χ0v) is 15.1. The van der Waals surface area contributed by atoms with Crippen molar-refractivity contribution in [3.05, 3.63) is 71.2 Å². The molecule has 0 bridgehead atoms. The molecule has 1 aromatic heterocycles. The van der Waals surface area contributed by atoms with Crippen molar-refractivity contribution >= 4 is 16.9 Å². The highest BCUT2D eigenvalue weighted by atomic mass is 19.1. The fourth-order valence-electron chi connectivity index (χ4n) is 3.80. The van der Waals surface area contributed by atoms with Gasteiger partial charge in [0, 0.05) is 31.0 Å². The van der Waals surface area contributed by atoms with Crippen molar-refractivity contribution in [2.24, 2.45) is 0 Å². The summed E-state index contributed by atoms with van der Waals surface area (Å²) in [7, 11) is 1.84. The van der Waals surface area contributed by atoms with E-state index < -0.39 is 5.41 Å². The van der Waals surface area contributed by atoms with E-state index in [0.29, 0.717) is 6.54 Å². The SMILES string of the molecule is CCc1oc2ccccc2c1CN(C)C(=O)C1(c2ccc(F)cc2)CC1. The molecule has 1 fully saturated rings. The Bertz CT molecular complexity index is 954. The molecule has 0 N–H and O–H groups in total. The second-order valence-electron chi connectivity index (χ2n) is 7.10. The van der Waals surface area contributed by atoms with Crippen LogP contribution in [0.4, 0.5) is 4.39 Å². The Kier molecular flexibility index (Phi) is 4.06. The lowest BCUT2D eigenvalue weighted by Gasteiger charge is -2.24. The zero-order chi connectivity index (χ0) is 18.3. The number of amides is 1. The monoisotopic (exact) mass is 351 g/mol. The third-order valence-electron chi connectivity index (χ3n) is 5.40. The number of carbonyl (C=O) groups excluding carboxylic acids is 1. The average molecular weight is 351 g/mol. The van der Waals surface area contributed by atoms with Gasteiger partial charge in [0.05, 0.1) is 5.41 Å². The summed E-state index contributed by atoms with van der Waals surface area (Å²) in [5, 5.41) is 1.07. The summed E-state index contributed by atoms with van der Waals surface area (Å²) < 4.78 is 19.2. The molecule has 1 amide bonds. The van der Waals surface area contributed by atoms with Crippen LogP contribution in [-0.4, -0.2) is 17.9 Å². The molecule has 1 aliphatic carbocycles. The molecule has 1 heterocycles. The number of nitrogens with zero attached hydrogens (tertiary/aromatic N) is 1. The molecule has 0 unspecified atom stereocenters. The molecule has 3 aromatic rings. The number of halogens is 1. The molecule has 0 aliphatic heterocycles. The van der Waals surface area contributed by atoms with E-state index in [-0.39, 0.29) is 11.7 Å². The Labute approximate surface area is 152 Å². The minimum atomic E-state index is -0.492. The number of likely N-dealkylation sites (N-methyl/N-ethyl adjacent to an activating group) is 1. The van der Waals surface area contributed by atoms with Gasteiger partial charge in [-0.15, -0.1) is 0 Å².